The van der Waals surface area contributed by atoms with Crippen molar-refractivity contribution in [3.05, 3.63) is 29.8 Å². The van der Waals surface area contributed by atoms with Gasteiger partial charge in [-0.2, -0.15) is 0 Å². The zero-order valence-corrected chi connectivity index (χ0v) is 12.2. The van der Waals surface area contributed by atoms with Crippen LogP contribution in [0.4, 0.5) is 0 Å². The molecule has 112 valence electrons. The van der Waals surface area contributed by atoms with Crippen LogP contribution in [0.2, 0.25) is 0 Å². The summed E-state index contributed by atoms with van der Waals surface area (Å²) in [5, 5.41) is 15.5. The molecule has 0 aromatic heterocycles. The third-order valence-electron chi connectivity index (χ3n) is 2.83. The number of hydrogen-bond acceptors (Lipinski definition) is 4. The quantitative estimate of drug-likeness (QED) is 0.583. The van der Waals surface area contributed by atoms with Crippen molar-refractivity contribution >= 4 is 5.91 Å². The highest BCUT2D eigenvalue weighted by Crippen LogP contribution is 2.12. The second kappa shape index (κ2) is 9.34. The van der Waals surface area contributed by atoms with E-state index in [1.165, 1.54) is 12.5 Å². The van der Waals surface area contributed by atoms with Gasteiger partial charge in [0.1, 0.15) is 18.5 Å². The normalized spacial score (nSPS) is 11.9. The molecule has 0 bridgehead atoms. The number of amides is 1. The van der Waals surface area contributed by atoms with Crippen LogP contribution in [-0.4, -0.2) is 43.4 Å². The van der Waals surface area contributed by atoms with Crippen molar-refractivity contribution in [2.45, 2.75) is 26.4 Å². The van der Waals surface area contributed by atoms with E-state index in [4.69, 9.17) is 4.74 Å². The van der Waals surface area contributed by atoms with Gasteiger partial charge in [-0.3, -0.25) is 4.79 Å². The molecule has 5 nitrogen and oxygen atoms in total. The van der Waals surface area contributed by atoms with Gasteiger partial charge in [-0.25, -0.2) is 0 Å². The minimum atomic E-state index is -0.571. The monoisotopic (exact) mass is 280 g/mol. The maximum absolute atomic E-state index is 10.6. The number of rotatable bonds is 9. The molecule has 1 aromatic carbocycles. The van der Waals surface area contributed by atoms with Crippen molar-refractivity contribution in [2.24, 2.45) is 0 Å². The molecule has 0 radical (unpaired) electrons. The van der Waals surface area contributed by atoms with E-state index in [2.05, 4.69) is 17.6 Å². The molecular formula is C15H24N2O3. The van der Waals surface area contributed by atoms with Crippen LogP contribution in [0.15, 0.2) is 24.3 Å². The van der Waals surface area contributed by atoms with Gasteiger partial charge in [0.15, 0.2) is 0 Å². The Morgan fingerprint density at radius 3 is 2.60 bits per heavy atom. The van der Waals surface area contributed by atoms with Gasteiger partial charge in [0, 0.05) is 26.6 Å². The molecule has 0 aliphatic carbocycles. The Kier molecular flexibility index (Phi) is 7.69. The van der Waals surface area contributed by atoms with Crippen molar-refractivity contribution in [1.82, 2.24) is 10.6 Å². The zero-order valence-electron chi connectivity index (χ0n) is 12.2. The Morgan fingerprint density at radius 2 is 2.00 bits per heavy atom. The van der Waals surface area contributed by atoms with Gasteiger partial charge in [0.25, 0.3) is 0 Å². The first-order valence-electron chi connectivity index (χ1n) is 6.96. The van der Waals surface area contributed by atoms with Crippen LogP contribution in [0, 0.1) is 0 Å². The Labute approximate surface area is 120 Å². The standard InChI is InChI=1S/C15H24N2O3/c1-3-13-4-6-15(7-5-13)20-11-14(19)10-16-8-9-17-12(2)18/h4-7,14,16,19H,3,8-11H2,1-2H3,(H,17,18). The molecule has 0 aliphatic rings. The number of benzene rings is 1. The number of aliphatic hydroxyl groups excluding tert-OH is 1. The fourth-order valence-corrected chi connectivity index (χ4v) is 1.67. The first-order chi connectivity index (χ1) is 9.61. The predicted molar refractivity (Wildman–Crippen MR) is 78.9 cm³/mol. The summed E-state index contributed by atoms with van der Waals surface area (Å²) in [4.78, 5) is 10.6. The van der Waals surface area contributed by atoms with E-state index in [1.54, 1.807) is 0 Å². The van der Waals surface area contributed by atoms with E-state index in [1.807, 2.05) is 24.3 Å². The van der Waals surface area contributed by atoms with Crippen molar-refractivity contribution < 1.29 is 14.6 Å². The van der Waals surface area contributed by atoms with Crippen LogP contribution in [0.1, 0.15) is 19.4 Å². The Bertz CT molecular complexity index is 393. The summed E-state index contributed by atoms with van der Waals surface area (Å²) in [7, 11) is 0. The number of aliphatic hydroxyl groups is 1. The van der Waals surface area contributed by atoms with E-state index < -0.39 is 6.10 Å². The summed E-state index contributed by atoms with van der Waals surface area (Å²) in [5.74, 6) is 0.714. The van der Waals surface area contributed by atoms with E-state index in [-0.39, 0.29) is 12.5 Å². The average Bonchev–Trinajstić information content (AvgIpc) is 2.45. The summed E-state index contributed by atoms with van der Waals surface area (Å²) in [6.45, 7) is 5.45. The van der Waals surface area contributed by atoms with Crippen LogP contribution >= 0.6 is 0 Å². The smallest absolute Gasteiger partial charge is 0.216 e. The summed E-state index contributed by atoms with van der Waals surface area (Å²) in [6.07, 6.45) is 0.430. The number of hydrogen-bond donors (Lipinski definition) is 3. The number of ether oxygens (including phenoxy) is 1. The molecule has 1 aromatic rings. The molecule has 0 fully saturated rings. The van der Waals surface area contributed by atoms with Crippen LogP contribution in [0.3, 0.4) is 0 Å². The van der Waals surface area contributed by atoms with E-state index >= 15 is 0 Å². The van der Waals surface area contributed by atoms with Gasteiger partial charge in [-0.05, 0) is 24.1 Å². The number of aryl methyl sites for hydroxylation is 1. The van der Waals surface area contributed by atoms with Crippen LogP contribution < -0.4 is 15.4 Å². The largest absolute Gasteiger partial charge is 0.491 e. The van der Waals surface area contributed by atoms with Gasteiger partial charge in [0.05, 0.1) is 0 Å². The first-order valence-corrected chi connectivity index (χ1v) is 6.96. The lowest BCUT2D eigenvalue weighted by molar-refractivity contribution is -0.118. The molecule has 1 atom stereocenters. The minimum Gasteiger partial charge on any atom is -0.491 e. The molecule has 20 heavy (non-hydrogen) atoms. The fraction of sp³-hybridized carbons (Fsp3) is 0.533. The molecular weight excluding hydrogens is 256 g/mol. The third kappa shape index (κ3) is 7.11. The van der Waals surface area contributed by atoms with Crippen molar-refractivity contribution in [2.75, 3.05) is 26.2 Å². The highest BCUT2D eigenvalue weighted by molar-refractivity contribution is 5.72. The van der Waals surface area contributed by atoms with Crippen LogP contribution in [0.25, 0.3) is 0 Å². The van der Waals surface area contributed by atoms with Gasteiger partial charge in [-0.15, -0.1) is 0 Å². The third-order valence-corrected chi connectivity index (χ3v) is 2.83. The highest BCUT2D eigenvalue weighted by atomic mass is 16.5. The molecule has 3 N–H and O–H groups in total. The summed E-state index contributed by atoms with van der Waals surface area (Å²) in [6, 6.07) is 7.87. The topological polar surface area (TPSA) is 70.6 Å². The molecule has 0 aliphatic heterocycles. The maximum Gasteiger partial charge on any atom is 0.216 e. The first kappa shape index (κ1) is 16.5. The van der Waals surface area contributed by atoms with Crippen molar-refractivity contribution in [3.63, 3.8) is 0 Å². The molecule has 1 unspecified atom stereocenters. The van der Waals surface area contributed by atoms with Gasteiger partial charge in [0.2, 0.25) is 5.91 Å². The predicted octanol–water partition coefficient (Wildman–Crippen LogP) is 0.714. The average molecular weight is 280 g/mol. The molecule has 0 spiro atoms. The number of carbonyl (C=O) groups is 1. The maximum atomic E-state index is 10.6. The Morgan fingerprint density at radius 1 is 1.30 bits per heavy atom. The molecule has 1 amide bonds. The molecule has 0 saturated heterocycles. The Hall–Kier alpha value is -1.59. The van der Waals surface area contributed by atoms with Crippen LogP contribution in [-0.2, 0) is 11.2 Å². The summed E-state index contributed by atoms with van der Waals surface area (Å²) >= 11 is 0. The SMILES string of the molecule is CCc1ccc(OCC(O)CNCCNC(C)=O)cc1. The second-order valence-electron chi connectivity index (χ2n) is 4.65. The lowest BCUT2D eigenvalue weighted by Crippen LogP contribution is -2.36. The number of carbonyl (C=O) groups excluding carboxylic acids is 1. The van der Waals surface area contributed by atoms with E-state index in [0.717, 1.165) is 12.2 Å². The van der Waals surface area contributed by atoms with Crippen LogP contribution in [0.5, 0.6) is 5.75 Å². The van der Waals surface area contributed by atoms with E-state index in [9.17, 15) is 9.90 Å². The summed E-state index contributed by atoms with van der Waals surface area (Å²) in [5.41, 5.74) is 1.26. The molecule has 0 saturated carbocycles. The zero-order chi connectivity index (χ0) is 14.8. The highest BCUT2D eigenvalue weighted by Gasteiger charge is 2.04. The lowest BCUT2D eigenvalue weighted by Gasteiger charge is -2.13. The van der Waals surface area contributed by atoms with Gasteiger partial charge in [-0.1, -0.05) is 19.1 Å². The molecule has 5 heteroatoms. The number of nitrogens with one attached hydrogen (secondary N) is 2. The molecule has 1 rings (SSSR count). The van der Waals surface area contributed by atoms with E-state index in [0.29, 0.717) is 19.6 Å². The lowest BCUT2D eigenvalue weighted by atomic mass is 10.2. The second-order valence-corrected chi connectivity index (χ2v) is 4.65. The van der Waals surface area contributed by atoms with Crippen molar-refractivity contribution in [1.29, 1.82) is 0 Å². The fourth-order valence-electron chi connectivity index (χ4n) is 1.67. The minimum absolute atomic E-state index is 0.0498. The Balaban J connectivity index is 2.12. The van der Waals surface area contributed by atoms with Crippen molar-refractivity contribution in [3.8, 4) is 5.75 Å². The summed E-state index contributed by atoms with van der Waals surface area (Å²) < 4.78 is 5.50. The van der Waals surface area contributed by atoms with Gasteiger partial charge < -0.3 is 20.5 Å². The molecule has 0 heterocycles. The van der Waals surface area contributed by atoms with Gasteiger partial charge >= 0.3 is 0 Å².